The summed E-state index contributed by atoms with van der Waals surface area (Å²) in [6, 6.07) is 1.31. The van der Waals surface area contributed by atoms with Gasteiger partial charge < -0.3 is 9.64 Å². The number of nitrogens with zero attached hydrogens (tertiary/aromatic N) is 3. The Morgan fingerprint density at radius 1 is 1.47 bits per heavy atom. The maximum atomic E-state index is 12.0. The highest BCUT2D eigenvalue weighted by Crippen LogP contribution is 2.31. The van der Waals surface area contributed by atoms with E-state index in [4.69, 9.17) is 27.9 Å². The monoisotopic (exact) mass is 303 g/mol. The zero-order valence-corrected chi connectivity index (χ0v) is 12.1. The molecule has 0 bridgehead atoms. The van der Waals surface area contributed by atoms with E-state index in [1.165, 1.54) is 0 Å². The van der Waals surface area contributed by atoms with Gasteiger partial charge in [0.25, 0.3) is 0 Å². The maximum absolute atomic E-state index is 12.0. The van der Waals surface area contributed by atoms with Crippen molar-refractivity contribution in [3.8, 4) is 0 Å². The molecule has 1 saturated heterocycles. The first-order chi connectivity index (χ1) is 9.13. The number of carbonyl (C=O) groups is 1. The van der Waals surface area contributed by atoms with Crippen LogP contribution in [0.3, 0.4) is 0 Å². The van der Waals surface area contributed by atoms with Crippen molar-refractivity contribution in [3.05, 3.63) is 16.4 Å². The second kappa shape index (κ2) is 6.39. The van der Waals surface area contributed by atoms with Crippen molar-refractivity contribution < 1.29 is 9.53 Å². The minimum Gasteiger partial charge on any atom is -0.464 e. The topological polar surface area (TPSA) is 55.3 Å². The van der Waals surface area contributed by atoms with Crippen LogP contribution in [0, 0.1) is 0 Å². The Hall–Kier alpha value is -1.07. The van der Waals surface area contributed by atoms with Gasteiger partial charge in [-0.15, -0.1) is 10.2 Å². The van der Waals surface area contributed by atoms with E-state index in [9.17, 15) is 4.79 Å². The predicted octanol–water partition coefficient (Wildman–Crippen LogP) is 2.71. The molecule has 19 heavy (non-hydrogen) atoms. The molecule has 7 heteroatoms. The van der Waals surface area contributed by atoms with Crippen LogP contribution in [0.25, 0.3) is 0 Å². The molecule has 0 aliphatic carbocycles. The predicted molar refractivity (Wildman–Crippen MR) is 73.7 cm³/mol. The Kier molecular flexibility index (Phi) is 4.82. The van der Waals surface area contributed by atoms with Gasteiger partial charge in [-0.05, 0) is 26.2 Å². The highest BCUT2D eigenvalue weighted by molar-refractivity contribution is 6.33. The van der Waals surface area contributed by atoms with E-state index in [1.807, 2.05) is 4.90 Å². The van der Waals surface area contributed by atoms with Crippen LogP contribution < -0.4 is 4.90 Å². The molecule has 1 atom stereocenters. The van der Waals surface area contributed by atoms with Gasteiger partial charge in [-0.2, -0.15) is 0 Å². The van der Waals surface area contributed by atoms with Gasteiger partial charge in [-0.1, -0.05) is 23.2 Å². The second-order valence-corrected chi connectivity index (χ2v) is 5.05. The van der Waals surface area contributed by atoms with Gasteiger partial charge in [0.05, 0.1) is 12.3 Å². The average Bonchev–Trinajstić information content (AvgIpc) is 2.42. The summed E-state index contributed by atoms with van der Waals surface area (Å²) in [5.74, 6) is -0.230. The lowest BCUT2D eigenvalue weighted by atomic mass is 10.0. The van der Waals surface area contributed by atoms with E-state index in [0.29, 0.717) is 12.3 Å². The van der Waals surface area contributed by atoms with Crippen molar-refractivity contribution in [1.29, 1.82) is 0 Å². The quantitative estimate of drug-likeness (QED) is 0.804. The van der Waals surface area contributed by atoms with Crippen LogP contribution in [0.1, 0.15) is 26.2 Å². The summed E-state index contributed by atoms with van der Waals surface area (Å²) in [7, 11) is 0. The average molecular weight is 304 g/mol. The third kappa shape index (κ3) is 3.28. The first-order valence-electron chi connectivity index (χ1n) is 6.25. The molecule has 1 fully saturated rings. The van der Waals surface area contributed by atoms with Crippen LogP contribution in [0.4, 0.5) is 5.69 Å². The van der Waals surface area contributed by atoms with Gasteiger partial charge in [0.1, 0.15) is 6.04 Å². The number of ether oxygens (including phenoxy) is 1. The van der Waals surface area contributed by atoms with Crippen LogP contribution in [0.15, 0.2) is 6.07 Å². The molecule has 2 rings (SSSR count). The molecule has 0 radical (unpaired) electrons. The Balaban J connectivity index is 2.28. The van der Waals surface area contributed by atoms with Crippen molar-refractivity contribution >= 4 is 34.9 Å². The zero-order valence-electron chi connectivity index (χ0n) is 10.6. The fraction of sp³-hybridized carbons (Fsp3) is 0.583. The molecule has 0 N–H and O–H groups in total. The number of anilines is 1. The Bertz CT molecular complexity index is 470. The van der Waals surface area contributed by atoms with Crippen molar-refractivity contribution in [2.24, 2.45) is 0 Å². The molecule has 0 amide bonds. The lowest BCUT2D eigenvalue weighted by molar-refractivity contribution is -0.145. The second-order valence-electron chi connectivity index (χ2n) is 4.30. The van der Waals surface area contributed by atoms with Gasteiger partial charge in [-0.25, -0.2) is 4.79 Å². The molecule has 1 aliphatic rings. The van der Waals surface area contributed by atoms with Gasteiger partial charge in [0, 0.05) is 12.6 Å². The molecule has 1 unspecified atom stereocenters. The van der Waals surface area contributed by atoms with Crippen LogP contribution in [0.5, 0.6) is 0 Å². The third-order valence-corrected chi connectivity index (χ3v) is 3.53. The van der Waals surface area contributed by atoms with E-state index in [-0.39, 0.29) is 22.3 Å². The number of halogens is 2. The molecule has 1 aliphatic heterocycles. The smallest absolute Gasteiger partial charge is 0.328 e. The van der Waals surface area contributed by atoms with Crippen LogP contribution in [-0.2, 0) is 9.53 Å². The Morgan fingerprint density at radius 3 is 3.00 bits per heavy atom. The minimum atomic E-state index is -0.327. The molecule has 0 saturated carbocycles. The summed E-state index contributed by atoms with van der Waals surface area (Å²) in [4.78, 5) is 13.9. The number of hydrogen-bond donors (Lipinski definition) is 0. The first-order valence-corrected chi connectivity index (χ1v) is 7.01. The number of rotatable bonds is 3. The highest BCUT2D eigenvalue weighted by Gasteiger charge is 2.31. The summed E-state index contributed by atoms with van der Waals surface area (Å²) in [6.45, 7) is 2.89. The first kappa shape index (κ1) is 14.3. The maximum Gasteiger partial charge on any atom is 0.328 e. The number of piperidine rings is 1. The van der Waals surface area contributed by atoms with Crippen LogP contribution >= 0.6 is 23.2 Å². The van der Waals surface area contributed by atoms with Crippen molar-refractivity contribution in [1.82, 2.24) is 10.2 Å². The number of esters is 1. The molecule has 5 nitrogen and oxygen atoms in total. The lowest BCUT2D eigenvalue weighted by Crippen LogP contribution is -2.46. The number of hydrogen-bond acceptors (Lipinski definition) is 5. The van der Waals surface area contributed by atoms with E-state index in [0.717, 1.165) is 25.8 Å². The molecule has 0 spiro atoms. The fourth-order valence-electron chi connectivity index (χ4n) is 2.25. The van der Waals surface area contributed by atoms with Crippen molar-refractivity contribution in [2.45, 2.75) is 32.2 Å². The van der Waals surface area contributed by atoms with E-state index in [2.05, 4.69) is 10.2 Å². The van der Waals surface area contributed by atoms with E-state index in [1.54, 1.807) is 13.0 Å². The largest absolute Gasteiger partial charge is 0.464 e. The summed E-state index contributed by atoms with van der Waals surface area (Å²) < 4.78 is 5.11. The fourth-order valence-corrected chi connectivity index (χ4v) is 2.59. The van der Waals surface area contributed by atoms with Gasteiger partial charge in [0.15, 0.2) is 10.3 Å². The van der Waals surface area contributed by atoms with Gasteiger partial charge >= 0.3 is 5.97 Å². The van der Waals surface area contributed by atoms with Gasteiger partial charge in [-0.3, -0.25) is 0 Å². The molecule has 2 heterocycles. The lowest BCUT2D eigenvalue weighted by Gasteiger charge is -2.35. The van der Waals surface area contributed by atoms with Crippen LogP contribution in [-0.4, -0.2) is 35.4 Å². The van der Waals surface area contributed by atoms with Crippen LogP contribution in [0.2, 0.25) is 10.3 Å². The van der Waals surface area contributed by atoms with Crippen molar-refractivity contribution in [2.75, 3.05) is 18.1 Å². The SMILES string of the molecule is CCOC(=O)C1CCCCN1c1cc(Cl)nnc1Cl. The third-order valence-electron chi connectivity index (χ3n) is 3.07. The highest BCUT2D eigenvalue weighted by atomic mass is 35.5. The normalized spacial score (nSPS) is 19.3. The summed E-state index contributed by atoms with van der Waals surface area (Å²) in [5, 5.41) is 7.97. The molecular formula is C12H15Cl2N3O2. The van der Waals surface area contributed by atoms with E-state index >= 15 is 0 Å². The van der Waals surface area contributed by atoms with E-state index < -0.39 is 0 Å². The Labute approximate surface area is 121 Å². The summed E-state index contributed by atoms with van der Waals surface area (Å²) >= 11 is 11.9. The minimum absolute atomic E-state index is 0.230. The van der Waals surface area contributed by atoms with Gasteiger partial charge in [0.2, 0.25) is 0 Å². The standard InChI is InChI=1S/C12H15Cl2N3O2/c1-2-19-12(18)8-5-3-4-6-17(8)9-7-10(13)15-16-11(9)14/h7-8H,2-6H2,1H3. The summed E-state index contributed by atoms with van der Waals surface area (Å²) in [5.41, 5.74) is 0.638. The summed E-state index contributed by atoms with van der Waals surface area (Å²) in [6.07, 6.45) is 2.73. The molecule has 1 aromatic rings. The van der Waals surface area contributed by atoms with Crippen molar-refractivity contribution in [3.63, 3.8) is 0 Å². The molecule has 1 aromatic heterocycles. The zero-order chi connectivity index (χ0) is 13.8. The molecular weight excluding hydrogens is 289 g/mol. The molecule has 0 aromatic carbocycles. The molecule has 104 valence electrons. The Morgan fingerprint density at radius 2 is 2.26 bits per heavy atom. The number of aromatic nitrogens is 2. The number of carbonyl (C=O) groups excluding carboxylic acids is 1.